The molecule has 3 rings (SSSR count). The number of ether oxygens (including phenoxy) is 1. The van der Waals surface area contributed by atoms with Crippen LogP contribution in [0.4, 0.5) is 14.9 Å². The van der Waals surface area contributed by atoms with Crippen molar-refractivity contribution >= 4 is 35.1 Å². The fourth-order valence-corrected chi connectivity index (χ4v) is 3.04. The van der Waals surface area contributed by atoms with Gasteiger partial charge in [-0.25, -0.2) is 9.18 Å². The SMILES string of the molecule is COc1ccc(C2(C)NC(=O)N(CC(=O)Nc3ccc(Cl)cc3F)C2=O)cc1. The number of benzene rings is 2. The van der Waals surface area contributed by atoms with E-state index >= 15 is 0 Å². The normalized spacial score (nSPS) is 18.8. The number of carbonyl (C=O) groups is 3. The van der Waals surface area contributed by atoms with Crippen LogP contribution in [-0.4, -0.2) is 36.4 Å². The summed E-state index contributed by atoms with van der Waals surface area (Å²) in [6.45, 7) is 0.990. The number of carbonyl (C=O) groups excluding carboxylic acids is 3. The number of hydrogen-bond donors (Lipinski definition) is 2. The molecule has 2 aromatic rings. The molecule has 0 aromatic heterocycles. The van der Waals surface area contributed by atoms with E-state index in [2.05, 4.69) is 10.6 Å². The lowest BCUT2D eigenvalue weighted by molar-refractivity contribution is -0.133. The first-order chi connectivity index (χ1) is 13.2. The minimum Gasteiger partial charge on any atom is -0.497 e. The molecule has 0 spiro atoms. The Morgan fingerprint density at radius 3 is 2.54 bits per heavy atom. The van der Waals surface area contributed by atoms with Gasteiger partial charge in [-0.05, 0) is 42.8 Å². The van der Waals surface area contributed by atoms with Gasteiger partial charge in [0.15, 0.2) is 0 Å². The standard InChI is InChI=1S/C19H17ClFN3O4/c1-19(11-3-6-13(28-2)7-4-11)17(26)24(18(27)23-19)10-16(25)22-15-8-5-12(20)9-14(15)21/h3-9H,10H2,1-2H3,(H,22,25)(H,23,27). The molecule has 2 aromatic carbocycles. The number of nitrogens with zero attached hydrogens (tertiary/aromatic N) is 1. The van der Waals surface area contributed by atoms with Crippen molar-refractivity contribution in [3.05, 3.63) is 58.9 Å². The Morgan fingerprint density at radius 2 is 1.93 bits per heavy atom. The first kappa shape index (κ1) is 19.6. The number of nitrogens with one attached hydrogen (secondary N) is 2. The van der Waals surface area contributed by atoms with Crippen molar-refractivity contribution in [2.45, 2.75) is 12.5 Å². The second kappa shape index (κ2) is 7.47. The van der Waals surface area contributed by atoms with Crippen molar-refractivity contribution < 1.29 is 23.5 Å². The van der Waals surface area contributed by atoms with Gasteiger partial charge in [0.1, 0.15) is 23.7 Å². The molecule has 1 aliphatic rings. The van der Waals surface area contributed by atoms with Crippen LogP contribution >= 0.6 is 11.6 Å². The van der Waals surface area contributed by atoms with E-state index in [-0.39, 0.29) is 10.7 Å². The van der Waals surface area contributed by atoms with Gasteiger partial charge in [0, 0.05) is 5.02 Å². The quantitative estimate of drug-likeness (QED) is 0.749. The van der Waals surface area contributed by atoms with Crippen molar-refractivity contribution in [2.24, 2.45) is 0 Å². The molecule has 28 heavy (non-hydrogen) atoms. The number of methoxy groups -OCH3 is 1. The van der Waals surface area contributed by atoms with E-state index < -0.39 is 35.7 Å². The molecule has 4 amide bonds. The van der Waals surface area contributed by atoms with Crippen LogP contribution in [0.2, 0.25) is 5.02 Å². The summed E-state index contributed by atoms with van der Waals surface area (Å²) in [6, 6.07) is 9.68. The average Bonchev–Trinajstić information content (AvgIpc) is 2.88. The first-order valence-electron chi connectivity index (χ1n) is 8.28. The molecule has 1 unspecified atom stereocenters. The molecule has 7 nitrogen and oxygen atoms in total. The topological polar surface area (TPSA) is 87.7 Å². The summed E-state index contributed by atoms with van der Waals surface area (Å²) < 4.78 is 18.9. The third-order valence-electron chi connectivity index (χ3n) is 4.45. The number of imide groups is 1. The molecule has 146 valence electrons. The Balaban J connectivity index is 1.74. The molecule has 1 atom stereocenters. The van der Waals surface area contributed by atoms with Crippen LogP contribution in [0.15, 0.2) is 42.5 Å². The predicted molar refractivity (Wildman–Crippen MR) is 101 cm³/mol. The van der Waals surface area contributed by atoms with Crippen LogP contribution in [0, 0.1) is 5.82 Å². The average molecular weight is 406 g/mol. The Morgan fingerprint density at radius 1 is 1.25 bits per heavy atom. The second-order valence-corrected chi connectivity index (χ2v) is 6.78. The first-order valence-corrected chi connectivity index (χ1v) is 8.66. The third-order valence-corrected chi connectivity index (χ3v) is 4.68. The zero-order chi connectivity index (χ0) is 20.5. The number of anilines is 1. The highest BCUT2D eigenvalue weighted by Gasteiger charge is 2.49. The maximum atomic E-state index is 13.8. The molecule has 0 radical (unpaired) electrons. The van der Waals surface area contributed by atoms with E-state index in [0.717, 1.165) is 11.0 Å². The minimum atomic E-state index is -1.32. The summed E-state index contributed by atoms with van der Waals surface area (Å²) in [5.74, 6) is -1.43. The van der Waals surface area contributed by atoms with Crippen LogP contribution < -0.4 is 15.4 Å². The Kier molecular flexibility index (Phi) is 5.24. The van der Waals surface area contributed by atoms with Gasteiger partial charge in [-0.15, -0.1) is 0 Å². The summed E-state index contributed by atoms with van der Waals surface area (Å²) in [7, 11) is 1.52. The molecule has 1 fully saturated rings. The largest absolute Gasteiger partial charge is 0.497 e. The van der Waals surface area contributed by atoms with Crippen molar-refractivity contribution in [1.82, 2.24) is 10.2 Å². The summed E-state index contributed by atoms with van der Waals surface area (Å²) in [5.41, 5.74) is -0.882. The number of halogens is 2. The molecule has 1 aliphatic heterocycles. The summed E-state index contributed by atoms with van der Waals surface area (Å²) >= 11 is 5.67. The highest BCUT2D eigenvalue weighted by Crippen LogP contribution is 2.30. The maximum absolute atomic E-state index is 13.8. The van der Waals surface area contributed by atoms with Gasteiger partial charge in [0.2, 0.25) is 5.91 Å². The number of urea groups is 1. The van der Waals surface area contributed by atoms with E-state index in [1.54, 1.807) is 31.2 Å². The van der Waals surface area contributed by atoms with Crippen molar-refractivity contribution in [1.29, 1.82) is 0 Å². The van der Waals surface area contributed by atoms with Gasteiger partial charge in [-0.2, -0.15) is 0 Å². The smallest absolute Gasteiger partial charge is 0.325 e. The molecule has 0 aliphatic carbocycles. The lowest BCUT2D eigenvalue weighted by atomic mass is 9.92. The van der Waals surface area contributed by atoms with Crippen LogP contribution in [-0.2, 0) is 15.1 Å². The van der Waals surface area contributed by atoms with Gasteiger partial charge in [-0.1, -0.05) is 23.7 Å². The second-order valence-electron chi connectivity index (χ2n) is 6.35. The third kappa shape index (κ3) is 3.63. The molecule has 9 heteroatoms. The highest BCUT2D eigenvalue weighted by atomic mass is 35.5. The van der Waals surface area contributed by atoms with Gasteiger partial charge in [0.25, 0.3) is 5.91 Å². The van der Waals surface area contributed by atoms with E-state index in [1.807, 2.05) is 0 Å². The molecule has 1 saturated heterocycles. The minimum absolute atomic E-state index is 0.0978. The molecule has 2 N–H and O–H groups in total. The molecule has 0 saturated carbocycles. The number of amides is 4. The lowest BCUT2D eigenvalue weighted by Crippen LogP contribution is -2.42. The fourth-order valence-electron chi connectivity index (χ4n) is 2.88. The molecule has 0 bridgehead atoms. The van der Waals surface area contributed by atoms with E-state index in [4.69, 9.17) is 16.3 Å². The highest BCUT2D eigenvalue weighted by molar-refractivity contribution is 6.30. The Labute approximate surface area is 165 Å². The maximum Gasteiger partial charge on any atom is 0.325 e. The zero-order valence-electron chi connectivity index (χ0n) is 15.1. The van der Waals surface area contributed by atoms with Gasteiger partial charge < -0.3 is 15.4 Å². The number of hydrogen-bond acceptors (Lipinski definition) is 4. The predicted octanol–water partition coefficient (Wildman–Crippen LogP) is 2.89. The Hall–Kier alpha value is -3.13. The number of rotatable bonds is 5. The van der Waals surface area contributed by atoms with E-state index in [9.17, 15) is 18.8 Å². The van der Waals surface area contributed by atoms with Crippen LogP contribution in [0.5, 0.6) is 5.75 Å². The summed E-state index contributed by atoms with van der Waals surface area (Å²) in [5, 5.41) is 5.10. The summed E-state index contributed by atoms with van der Waals surface area (Å²) in [6.07, 6.45) is 0. The monoisotopic (exact) mass is 405 g/mol. The van der Waals surface area contributed by atoms with E-state index in [1.165, 1.54) is 19.2 Å². The molecule has 1 heterocycles. The molecular weight excluding hydrogens is 389 g/mol. The zero-order valence-corrected chi connectivity index (χ0v) is 15.8. The van der Waals surface area contributed by atoms with Crippen LogP contribution in [0.25, 0.3) is 0 Å². The fraction of sp³-hybridized carbons (Fsp3) is 0.211. The van der Waals surface area contributed by atoms with Crippen molar-refractivity contribution in [2.75, 3.05) is 19.0 Å². The van der Waals surface area contributed by atoms with Gasteiger partial charge in [-0.3, -0.25) is 14.5 Å². The lowest BCUT2D eigenvalue weighted by Gasteiger charge is -2.22. The van der Waals surface area contributed by atoms with Gasteiger partial charge >= 0.3 is 6.03 Å². The van der Waals surface area contributed by atoms with Gasteiger partial charge in [0.05, 0.1) is 12.8 Å². The van der Waals surface area contributed by atoms with Crippen molar-refractivity contribution in [3.8, 4) is 5.75 Å². The molecular formula is C19H17ClFN3O4. The van der Waals surface area contributed by atoms with E-state index in [0.29, 0.717) is 11.3 Å². The summed E-state index contributed by atoms with van der Waals surface area (Å²) in [4.78, 5) is 38.1. The Bertz CT molecular complexity index is 951. The van der Waals surface area contributed by atoms with Crippen LogP contribution in [0.3, 0.4) is 0 Å². The van der Waals surface area contributed by atoms with Crippen molar-refractivity contribution in [3.63, 3.8) is 0 Å². The van der Waals surface area contributed by atoms with Crippen LogP contribution in [0.1, 0.15) is 12.5 Å².